The summed E-state index contributed by atoms with van der Waals surface area (Å²) in [5.41, 5.74) is 1.61. The summed E-state index contributed by atoms with van der Waals surface area (Å²) in [5, 5.41) is 8.20. The molecule has 31 heavy (non-hydrogen) atoms. The molecule has 7 heteroatoms. The summed E-state index contributed by atoms with van der Waals surface area (Å²) in [4.78, 5) is 37.1. The number of anilines is 1. The Bertz CT molecular complexity index is 840. The van der Waals surface area contributed by atoms with Gasteiger partial charge in [0, 0.05) is 5.69 Å². The number of amides is 3. The van der Waals surface area contributed by atoms with E-state index in [0.29, 0.717) is 5.69 Å². The van der Waals surface area contributed by atoms with Crippen molar-refractivity contribution in [2.45, 2.75) is 45.7 Å². The van der Waals surface area contributed by atoms with Crippen LogP contribution in [0.15, 0.2) is 60.7 Å². The van der Waals surface area contributed by atoms with Crippen LogP contribution in [-0.2, 0) is 14.3 Å². The van der Waals surface area contributed by atoms with Gasteiger partial charge < -0.3 is 20.7 Å². The van der Waals surface area contributed by atoms with Crippen LogP contribution in [0, 0.1) is 5.92 Å². The summed E-state index contributed by atoms with van der Waals surface area (Å²) in [6.45, 7) is 5.22. The van der Waals surface area contributed by atoms with Crippen molar-refractivity contribution in [2.24, 2.45) is 5.92 Å². The first-order valence-electron chi connectivity index (χ1n) is 10.5. The van der Waals surface area contributed by atoms with Gasteiger partial charge in [-0.3, -0.25) is 4.79 Å². The summed E-state index contributed by atoms with van der Waals surface area (Å²) < 4.78 is 5.20. The summed E-state index contributed by atoms with van der Waals surface area (Å²) >= 11 is 0. The number of rotatable bonds is 10. The fourth-order valence-electron chi connectivity index (χ4n) is 3.09. The lowest BCUT2D eigenvalue weighted by atomic mass is 10.0. The second kappa shape index (κ2) is 12.4. The van der Waals surface area contributed by atoms with E-state index in [9.17, 15) is 14.4 Å². The maximum atomic E-state index is 12.5. The minimum Gasteiger partial charge on any atom is -0.454 e. The van der Waals surface area contributed by atoms with E-state index in [2.05, 4.69) is 16.0 Å². The van der Waals surface area contributed by atoms with Crippen LogP contribution in [0.4, 0.5) is 10.5 Å². The molecule has 0 aliphatic heterocycles. The molecule has 2 atom stereocenters. The van der Waals surface area contributed by atoms with Crippen molar-refractivity contribution in [3.05, 3.63) is 66.2 Å². The third-order valence-electron chi connectivity index (χ3n) is 4.70. The summed E-state index contributed by atoms with van der Waals surface area (Å²) in [5.74, 6) is -1.25. The van der Waals surface area contributed by atoms with Crippen LogP contribution in [0.25, 0.3) is 0 Å². The first-order chi connectivity index (χ1) is 14.9. The molecule has 0 bridgehead atoms. The van der Waals surface area contributed by atoms with Crippen molar-refractivity contribution >= 4 is 23.6 Å². The number of ether oxygens (including phenoxy) is 1. The van der Waals surface area contributed by atoms with Gasteiger partial charge in [0.1, 0.15) is 6.04 Å². The zero-order chi connectivity index (χ0) is 22.6. The van der Waals surface area contributed by atoms with Crippen molar-refractivity contribution in [3.63, 3.8) is 0 Å². The molecule has 0 radical (unpaired) electrons. The number of carbonyl (C=O) groups is 3. The standard InChI is InChI=1S/C24H31N3O4/c1-4-11-20(18-12-7-5-8-13-18)26-21(28)16-31-23(29)22(17(2)3)27-24(30)25-19-14-9-6-10-15-19/h5-10,12-15,17,20,22H,4,11,16H2,1-3H3,(H,26,28)(H2,25,27,30)/t20-,22+/m1/s1. The largest absolute Gasteiger partial charge is 0.454 e. The average Bonchev–Trinajstić information content (AvgIpc) is 2.76. The molecule has 2 aromatic rings. The van der Waals surface area contributed by atoms with E-state index in [-0.39, 0.29) is 17.9 Å². The quantitative estimate of drug-likeness (QED) is 0.501. The molecule has 7 nitrogen and oxygen atoms in total. The van der Waals surface area contributed by atoms with Crippen molar-refractivity contribution in [2.75, 3.05) is 11.9 Å². The van der Waals surface area contributed by atoms with Gasteiger partial charge in [-0.05, 0) is 30.0 Å². The SMILES string of the molecule is CCC[C@@H](NC(=O)COC(=O)[C@@H](NC(=O)Nc1ccccc1)C(C)C)c1ccccc1. The Morgan fingerprint density at radius 1 is 0.903 bits per heavy atom. The normalized spacial score (nSPS) is 12.5. The van der Waals surface area contributed by atoms with Gasteiger partial charge in [0.15, 0.2) is 6.61 Å². The fraction of sp³-hybridized carbons (Fsp3) is 0.375. The number of hydrogen-bond acceptors (Lipinski definition) is 4. The second-order valence-corrected chi connectivity index (χ2v) is 7.61. The summed E-state index contributed by atoms with van der Waals surface area (Å²) in [6, 6.07) is 17.0. The van der Waals surface area contributed by atoms with E-state index < -0.39 is 24.6 Å². The van der Waals surface area contributed by atoms with Gasteiger partial charge in [-0.1, -0.05) is 75.7 Å². The fourth-order valence-corrected chi connectivity index (χ4v) is 3.09. The minimum absolute atomic E-state index is 0.145. The van der Waals surface area contributed by atoms with E-state index >= 15 is 0 Å². The van der Waals surface area contributed by atoms with Crippen molar-refractivity contribution in [1.29, 1.82) is 0 Å². The van der Waals surface area contributed by atoms with E-state index in [4.69, 9.17) is 4.74 Å². The van der Waals surface area contributed by atoms with E-state index in [1.165, 1.54) is 0 Å². The number of urea groups is 1. The molecule has 0 fully saturated rings. The lowest BCUT2D eigenvalue weighted by Crippen LogP contribution is -2.47. The number of para-hydroxylation sites is 1. The van der Waals surface area contributed by atoms with E-state index in [1.807, 2.05) is 43.3 Å². The van der Waals surface area contributed by atoms with Gasteiger partial charge in [-0.2, -0.15) is 0 Å². The van der Waals surface area contributed by atoms with Gasteiger partial charge in [0.2, 0.25) is 0 Å². The van der Waals surface area contributed by atoms with Gasteiger partial charge in [-0.25, -0.2) is 9.59 Å². The molecular formula is C24H31N3O4. The molecule has 0 saturated carbocycles. The lowest BCUT2D eigenvalue weighted by molar-refractivity contribution is -0.151. The Morgan fingerprint density at radius 3 is 2.10 bits per heavy atom. The smallest absolute Gasteiger partial charge is 0.329 e. The molecule has 0 unspecified atom stereocenters. The predicted octanol–water partition coefficient (Wildman–Crippen LogP) is 4.03. The number of nitrogens with one attached hydrogen (secondary N) is 3. The molecule has 0 aromatic heterocycles. The van der Waals surface area contributed by atoms with Crippen LogP contribution in [0.3, 0.4) is 0 Å². The zero-order valence-electron chi connectivity index (χ0n) is 18.3. The maximum absolute atomic E-state index is 12.5. The molecule has 0 aliphatic rings. The van der Waals surface area contributed by atoms with Gasteiger partial charge in [0.25, 0.3) is 5.91 Å². The van der Waals surface area contributed by atoms with Crippen molar-refractivity contribution in [1.82, 2.24) is 10.6 Å². The van der Waals surface area contributed by atoms with Crippen LogP contribution in [-0.4, -0.2) is 30.6 Å². The van der Waals surface area contributed by atoms with Crippen LogP contribution < -0.4 is 16.0 Å². The first-order valence-corrected chi connectivity index (χ1v) is 10.5. The van der Waals surface area contributed by atoms with Gasteiger partial charge in [-0.15, -0.1) is 0 Å². The summed E-state index contributed by atoms with van der Waals surface area (Å²) in [6.07, 6.45) is 1.68. The molecule has 3 N–H and O–H groups in total. The molecule has 0 aliphatic carbocycles. The highest BCUT2D eigenvalue weighted by atomic mass is 16.5. The number of benzene rings is 2. The topological polar surface area (TPSA) is 96.5 Å². The van der Waals surface area contributed by atoms with E-state index in [0.717, 1.165) is 18.4 Å². The summed E-state index contributed by atoms with van der Waals surface area (Å²) in [7, 11) is 0. The Kier molecular flexibility index (Phi) is 9.55. The second-order valence-electron chi connectivity index (χ2n) is 7.61. The van der Waals surface area contributed by atoms with Crippen molar-refractivity contribution in [3.8, 4) is 0 Å². The Balaban J connectivity index is 1.88. The van der Waals surface area contributed by atoms with Crippen LogP contribution in [0.5, 0.6) is 0 Å². The van der Waals surface area contributed by atoms with Gasteiger partial charge >= 0.3 is 12.0 Å². The first kappa shape index (κ1) is 23.9. The predicted molar refractivity (Wildman–Crippen MR) is 120 cm³/mol. The Hall–Kier alpha value is -3.35. The molecule has 2 aromatic carbocycles. The Labute approximate surface area is 183 Å². The maximum Gasteiger partial charge on any atom is 0.329 e. The number of hydrogen-bond donors (Lipinski definition) is 3. The molecular weight excluding hydrogens is 394 g/mol. The highest BCUT2D eigenvalue weighted by Crippen LogP contribution is 2.18. The monoisotopic (exact) mass is 425 g/mol. The van der Waals surface area contributed by atoms with Crippen LogP contribution in [0.2, 0.25) is 0 Å². The van der Waals surface area contributed by atoms with Crippen LogP contribution >= 0.6 is 0 Å². The third-order valence-corrected chi connectivity index (χ3v) is 4.70. The zero-order valence-corrected chi connectivity index (χ0v) is 18.3. The molecule has 0 spiro atoms. The highest BCUT2D eigenvalue weighted by Gasteiger charge is 2.26. The Morgan fingerprint density at radius 2 is 1.52 bits per heavy atom. The van der Waals surface area contributed by atoms with E-state index in [1.54, 1.807) is 38.1 Å². The van der Waals surface area contributed by atoms with Gasteiger partial charge in [0.05, 0.1) is 6.04 Å². The lowest BCUT2D eigenvalue weighted by Gasteiger charge is -2.22. The minimum atomic E-state index is -0.878. The molecule has 3 amide bonds. The third kappa shape index (κ3) is 8.12. The van der Waals surface area contributed by atoms with Crippen LogP contribution in [0.1, 0.15) is 45.2 Å². The number of carbonyl (C=O) groups excluding carboxylic acids is 3. The molecule has 2 rings (SSSR count). The molecule has 0 heterocycles. The molecule has 0 saturated heterocycles. The highest BCUT2D eigenvalue weighted by molar-refractivity contribution is 5.93. The molecule has 166 valence electrons. The number of esters is 1. The van der Waals surface area contributed by atoms with Crippen molar-refractivity contribution < 1.29 is 19.1 Å². The average molecular weight is 426 g/mol.